The van der Waals surface area contributed by atoms with Crippen molar-refractivity contribution in [2.24, 2.45) is 5.10 Å². The Morgan fingerprint density at radius 1 is 1.12 bits per heavy atom. The van der Waals surface area contributed by atoms with Gasteiger partial charge >= 0.3 is 0 Å². The summed E-state index contributed by atoms with van der Waals surface area (Å²) in [5, 5.41) is 4.94. The number of hydrogen-bond acceptors (Lipinski definition) is 4. The summed E-state index contributed by atoms with van der Waals surface area (Å²) in [6.07, 6.45) is 1.34. The summed E-state index contributed by atoms with van der Waals surface area (Å²) in [6, 6.07) is 15.8. The monoisotopic (exact) mass is 359 g/mol. The van der Waals surface area contributed by atoms with Crippen LogP contribution in [0, 0.1) is 6.92 Å². The van der Waals surface area contributed by atoms with E-state index in [0.717, 1.165) is 16.5 Å². The van der Waals surface area contributed by atoms with Crippen molar-refractivity contribution in [1.29, 1.82) is 0 Å². The topological polar surface area (TPSA) is 71.4 Å². The molecule has 0 aliphatic rings. The molecule has 0 bridgehead atoms. The standard InChI is InChI=1S/C17H14ClN3O2S/c1-12-6-8-15(9-7-12)24(22,23)21-19-11-14-10-13-4-2-3-5-16(13)20-17(14)18/h2-11,21H,1H3. The molecule has 2 aromatic carbocycles. The zero-order valence-corrected chi connectivity index (χ0v) is 14.3. The van der Waals surface area contributed by atoms with E-state index in [2.05, 4.69) is 14.9 Å². The van der Waals surface area contributed by atoms with Gasteiger partial charge in [0.1, 0.15) is 5.15 Å². The number of hydrazone groups is 1. The van der Waals surface area contributed by atoms with Crippen molar-refractivity contribution >= 4 is 38.7 Å². The Kier molecular flexibility index (Phi) is 4.51. The van der Waals surface area contributed by atoms with Gasteiger partial charge < -0.3 is 0 Å². The van der Waals surface area contributed by atoms with Gasteiger partial charge in [0.25, 0.3) is 10.0 Å². The Hall–Kier alpha value is -2.44. The first-order valence-corrected chi connectivity index (χ1v) is 8.99. The molecule has 1 N–H and O–H groups in total. The number of nitrogens with zero attached hydrogens (tertiary/aromatic N) is 2. The molecule has 122 valence electrons. The lowest BCUT2D eigenvalue weighted by atomic mass is 10.2. The molecule has 0 atom stereocenters. The highest BCUT2D eigenvalue weighted by Crippen LogP contribution is 2.19. The lowest BCUT2D eigenvalue weighted by Crippen LogP contribution is -2.18. The van der Waals surface area contributed by atoms with Gasteiger partial charge in [-0.3, -0.25) is 0 Å². The van der Waals surface area contributed by atoms with Gasteiger partial charge in [-0.25, -0.2) is 9.82 Å². The SMILES string of the molecule is Cc1ccc(S(=O)(=O)NN=Cc2cc3ccccc3nc2Cl)cc1. The molecule has 0 spiro atoms. The van der Waals surface area contributed by atoms with E-state index >= 15 is 0 Å². The number of hydrogen-bond donors (Lipinski definition) is 1. The molecule has 7 heteroatoms. The minimum absolute atomic E-state index is 0.146. The van der Waals surface area contributed by atoms with Gasteiger partial charge in [-0.2, -0.15) is 13.5 Å². The van der Waals surface area contributed by atoms with Crippen molar-refractivity contribution < 1.29 is 8.42 Å². The lowest BCUT2D eigenvalue weighted by Gasteiger charge is -2.04. The number of sulfonamides is 1. The van der Waals surface area contributed by atoms with Crippen molar-refractivity contribution in [3.8, 4) is 0 Å². The summed E-state index contributed by atoms with van der Waals surface area (Å²) in [5.41, 5.74) is 2.27. The highest BCUT2D eigenvalue weighted by atomic mass is 35.5. The molecular formula is C17H14ClN3O2S. The number of pyridine rings is 1. The number of halogens is 1. The van der Waals surface area contributed by atoms with E-state index in [-0.39, 0.29) is 10.0 Å². The largest absolute Gasteiger partial charge is 0.276 e. The molecule has 5 nitrogen and oxygen atoms in total. The average Bonchev–Trinajstić information content (AvgIpc) is 2.55. The Morgan fingerprint density at radius 2 is 1.83 bits per heavy atom. The zero-order valence-electron chi connectivity index (χ0n) is 12.8. The zero-order chi connectivity index (χ0) is 17.2. The summed E-state index contributed by atoms with van der Waals surface area (Å²) in [7, 11) is -3.71. The molecule has 0 amide bonds. The van der Waals surface area contributed by atoms with Gasteiger partial charge in [0, 0.05) is 10.9 Å². The third-order valence-corrected chi connectivity index (χ3v) is 4.95. The fourth-order valence-corrected chi connectivity index (χ4v) is 3.12. The lowest BCUT2D eigenvalue weighted by molar-refractivity contribution is 0.584. The van der Waals surface area contributed by atoms with Crippen molar-refractivity contribution in [2.45, 2.75) is 11.8 Å². The van der Waals surface area contributed by atoms with Crippen LogP contribution < -0.4 is 4.83 Å². The Bertz CT molecular complexity index is 1020. The quantitative estimate of drug-likeness (QED) is 0.440. The maximum Gasteiger partial charge on any atom is 0.276 e. The van der Waals surface area contributed by atoms with E-state index in [4.69, 9.17) is 11.6 Å². The van der Waals surface area contributed by atoms with Crippen LogP contribution in [0.1, 0.15) is 11.1 Å². The Balaban J connectivity index is 1.83. The Labute approximate surface area is 145 Å². The first kappa shape index (κ1) is 16.4. The van der Waals surface area contributed by atoms with Gasteiger partial charge in [0.15, 0.2) is 0 Å². The summed E-state index contributed by atoms with van der Waals surface area (Å²) >= 11 is 6.11. The Morgan fingerprint density at radius 3 is 2.58 bits per heavy atom. The van der Waals surface area contributed by atoms with Crippen molar-refractivity contribution in [1.82, 2.24) is 9.82 Å². The smallest absolute Gasteiger partial charge is 0.235 e. The molecule has 24 heavy (non-hydrogen) atoms. The number of aromatic nitrogens is 1. The molecule has 3 rings (SSSR count). The first-order valence-electron chi connectivity index (χ1n) is 7.12. The van der Waals surface area contributed by atoms with Gasteiger partial charge in [-0.1, -0.05) is 47.5 Å². The maximum absolute atomic E-state index is 12.2. The molecule has 1 heterocycles. The highest BCUT2D eigenvalue weighted by molar-refractivity contribution is 7.89. The molecule has 0 unspecified atom stereocenters. The number of fused-ring (bicyclic) bond motifs is 1. The van der Waals surface area contributed by atoms with Crippen LogP contribution in [0.2, 0.25) is 5.15 Å². The van der Waals surface area contributed by atoms with E-state index in [9.17, 15) is 8.42 Å². The van der Waals surface area contributed by atoms with Crippen LogP contribution in [0.4, 0.5) is 0 Å². The predicted molar refractivity (Wildman–Crippen MR) is 95.8 cm³/mol. The minimum atomic E-state index is -3.71. The number of nitrogens with one attached hydrogen (secondary N) is 1. The summed E-state index contributed by atoms with van der Waals surface area (Å²) in [4.78, 5) is 6.58. The van der Waals surface area contributed by atoms with Gasteiger partial charge in [-0.05, 0) is 31.2 Å². The van der Waals surface area contributed by atoms with Crippen LogP contribution in [0.5, 0.6) is 0 Å². The van der Waals surface area contributed by atoms with Crippen molar-refractivity contribution in [3.05, 3.63) is 70.9 Å². The molecule has 0 radical (unpaired) electrons. The van der Waals surface area contributed by atoms with Crippen LogP contribution in [-0.4, -0.2) is 19.6 Å². The summed E-state index contributed by atoms with van der Waals surface area (Å²) < 4.78 is 24.3. The average molecular weight is 360 g/mol. The number of aryl methyl sites for hydroxylation is 1. The van der Waals surface area contributed by atoms with E-state index in [0.29, 0.717) is 5.56 Å². The molecule has 0 saturated heterocycles. The van der Waals surface area contributed by atoms with Crippen molar-refractivity contribution in [2.75, 3.05) is 0 Å². The number of para-hydroxylation sites is 1. The van der Waals surface area contributed by atoms with Crippen LogP contribution in [-0.2, 0) is 10.0 Å². The molecule has 0 aliphatic carbocycles. The number of benzene rings is 2. The second-order valence-electron chi connectivity index (χ2n) is 5.23. The maximum atomic E-state index is 12.2. The molecular weight excluding hydrogens is 346 g/mol. The summed E-state index contributed by atoms with van der Waals surface area (Å²) in [5.74, 6) is 0. The summed E-state index contributed by atoms with van der Waals surface area (Å²) in [6.45, 7) is 1.89. The van der Waals surface area contributed by atoms with Gasteiger partial charge in [0.2, 0.25) is 0 Å². The van der Waals surface area contributed by atoms with Crippen LogP contribution >= 0.6 is 11.6 Å². The normalized spacial score (nSPS) is 11.9. The number of rotatable bonds is 4. The highest BCUT2D eigenvalue weighted by Gasteiger charge is 2.12. The molecule has 0 fully saturated rings. The minimum Gasteiger partial charge on any atom is -0.235 e. The van der Waals surface area contributed by atoms with Crippen molar-refractivity contribution in [3.63, 3.8) is 0 Å². The van der Waals surface area contributed by atoms with Gasteiger partial charge in [-0.15, -0.1) is 0 Å². The molecule has 0 saturated carbocycles. The third kappa shape index (κ3) is 3.55. The van der Waals surface area contributed by atoms with Crippen LogP contribution in [0.15, 0.2) is 64.6 Å². The third-order valence-electron chi connectivity index (χ3n) is 3.41. The fourth-order valence-electron chi connectivity index (χ4n) is 2.13. The second kappa shape index (κ2) is 6.59. The van der Waals surface area contributed by atoms with E-state index in [1.807, 2.05) is 31.2 Å². The molecule has 3 aromatic rings. The molecule has 1 aromatic heterocycles. The first-order chi connectivity index (χ1) is 11.5. The van der Waals surface area contributed by atoms with Gasteiger partial charge in [0.05, 0.1) is 16.6 Å². The van der Waals surface area contributed by atoms with E-state index in [1.165, 1.54) is 18.3 Å². The predicted octanol–water partition coefficient (Wildman–Crippen LogP) is 3.51. The van der Waals surface area contributed by atoms with Crippen LogP contribution in [0.3, 0.4) is 0 Å². The fraction of sp³-hybridized carbons (Fsp3) is 0.0588. The van der Waals surface area contributed by atoms with Crippen LogP contribution in [0.25, 0.3) is 10.9 Å². The molecule has 0 aliphatic heterocycles. The van der Waals surface area contributed by atoms with E-state index < -0.39 is 10.0 Å². The second-order valence-corrected chi connectivity index (χ2v) is 7.25. The van der Waals surface area contributed by atoms with E-state index in [1.54, 1.807) is 18.2 Å².